The smallest absolute Gasteiger partial charge is 0.407 e. The van der Waals surface area contributed by atoms with Crippen molar-refractivity contribution in [1.29, 1.82) is 0 Å². The van der Waals surface area contributed by atoms with Gasteiger partial charge in [0.15, 0.2) is 0 Å². The molecule has 1 aromatic carbocycles. The maximum atomic E-state index is 11.7. The van der Waals surface area contributed by atoms with Crippen molar-refractivity contribution in [1.82, 2.24) is 15.5 Å². The number of carbonyl (C=O) groups excluding carboxylic acids is 1. The Morgan fingerprint density at radius 3 is 2.61 bits per heavy atom. The van der Waals surface area contributed by atoms with Crippen molar-refractivity contribution in [3.05, 3.63) is 35.9 Å². The van der Waals surface area contributed by atoms with Crippen molar-refractivity contribution in [3.8, 4) is 0 Å². The van der Waals surface area contributed by atoms with Crippen LogP contribution in [0.1, 0.15) is 32.3 Å². The lowest BCUT2D eigenvalue weighted by Gasteiger charge is -2.36. The van der Waals surface area contributed by atoms with E-state index in [2.05, 4.69) is 36.4 Å². The third-order valence-electron chi connectivity index (χ3n) is 4.45. The molecule has 0 bridgehead atoms. The van der Waals surface area contributed by atoms with Crippen molar-refractivity contribution in [2.45, 2.75) is 51.4 Å². The molecule has 128 valence electrons. The molecule has 1 aliphatic carbocycles. The van der Waals surface area contributed by atoms with Crippen LogP contribution in [0.3, 0.4) is 0 Å². The van der Waals surface area contributed by atoms with Crippen LogP contribution in [-0.4, -0.2) is 49.3 Å². The Balaban J connectivity index is 1.53. The standard InChI is InChI=1S/C18H29N3O2/c1-14(2)21(3)10-9-19-16-11-17(12-16)20-18(22)23-13-15-7-5-4-6-8-15/h4-8,14,16-17,19H,9-13H2,1-3H3,(H,20,22). The number of hydrogen-bond donors (Lipinski definition) is 2. The summed E-state index contributed by atoms with van der Waals surface area (Å²) in [4.78, 5) is 14.1. The molecule has 0 saturated heterocycles. The van der Waals surface area contributed by atoms with Crippen molar-refractivity contribution in [2.24, 2.45) is 0 Å². The number of hydrogen-bond acceptors (Lipinski definition) is 4. The van der Waals surface area contributed by atoms with Gasteiger partial charge in [-0.1, -0.05) is 30.3 Å². The van der Waals surface area contributed by atoms with Crippen LogP contribution in [0.25, 0.3) is 0 Å². The fraction of sp³-hybridized carbons (Fsp3) is 0.611. The number of nitrogens with one attached hydrogen (secondary N) is 2. The summed E-state index contributed by atoms with van der Waals surface area (Å²) in [5, 5.41) is 6.45. The van der Waals surface area contributed by atoms with Crippen molar-refractivity contribution in [2.75, 3.05) is 20.1 Å². The van der Waals surface area contributed by atoms with Gasteiger partial charge < -0.3 is 20.3 Å². The van der Waals surface area contributed by atoms with E-state index in [1.807, 2.05) is 30.3 Å². The fourth-order valence-electron chi connectivity index (χ4n) is 2.54. The van der Waals surface area contributed by atoms with Crippen LogP contribution in [0.2, 0.25) is 0 Å². The second-order valence-corrected chi connectivity index (χ2v) is 6.60. The number of nitrogens with zero attached hydrogens (tertiary/aromatic N) is 1. The van der Waals surface area contributed by atoms with Gasteiger partial charge >= 0.3 is 6.09 Å². The molecule has 5 nitrogen and oxygen atoms in total. The molecule has 1 saturated carbocycles. The van der Waals surface area contributed by atoms with Crippen molar-refractivity contribution < 1.29 is 9.53 Å². The Morgan fingerprint density at radius 1 is 1.26 bits per heavy atom. The highest BCUT2D eigenvalue weighted by atomic mass is 16.5. The van der Waals surface area contributed by atoms with Gasteiger partial charge in [0.2, 0.25) is 0 Å². The Kier molecular flexibility index (Phi) is 6.86. The normalized spacial score (nSPS) is 20.4. The lowest BCUT2D eigenvalue weighted by molar-refractivity contribution is 0.125. The summed E-state index contributed by atoms with van der Waals surface area (Å²) in [6.45, 7) is 6.76. The second kappa shape index (κ2) is 8.89. The molecule has 0 atom stereocenters. The van der Waals surface area contributed by atoms with Crippen LogP contribution in [0.4, 0.5) is 4.79 Å². The minimum absolute atomic E-state index is 0.235. The zero-order chi connectivity index (χ0) is 16.7. The maximum absolute atomic E-state index is 11.7. The molecule has 0 heterocycles. The molecule has 0 radical (unpaired) electrons. The predicted molar refractivity (Wildman–Crippen MR) is 92.3 cm³/mol. The van der Waals surface area contributed by atoms with Gasteiger partial charge in [-0.3, -0.25) is 0 Å². The molecular weight excluding hydrogens is 290 g/mol. The number of amides is 1. The quantitative estimate of drug-likeness (QED) is 0.772. The van der Waals surface area contributed by atoms with E-state index in [0.29, 0.717) is 18.7 Å². The largest absolute Gasteiger partial charge is 0.445 e. The third-order valence-corrected chi connectivity index (χ3v) is 4.45. The van der Waals surface area contributed by atoms with Crippen LogP contribution in [0.15, 0.2) is 30.3 Å². The Morgan fingerprint density at radius 2 is 1.96 bits per heavy atom. The summed E-state index contributed by atoms with van der Waals surface area (Å²) in [7, 11) is 2.14. The zero-order valence-corrected chi connectivity index (χ0v) is 14.4. The molecule has 1 aliphatic rings. The minimum atomic E-state index is -0.322. The number of benzene rings is 1. The van der Waals surface area contributed by atoms with E-state index in [9.17, 15) is 4.79 Å². The predicted octanol–water partition coefficient (Wildman–Crippen LogP) is 2.37. The first-order chi connectivity index (χ1) is 11.0. The molecular formula is C18H29N3O2. The molecule has 1 aromatic rings. The Labute approximate surface area is 139 Å². The lowest BCUT2D eigenvalue weighted by atomic mass is 9.87. The average molecular weight is 319 g/mol. The molecule has 2 N–H and O–H groups in total. The van der Waals surface area contributed by atoms with Gasteiger partial charge in [0.05, 0.1) is 0 Å². The van der Waals surface area contributed by atoms with Crippen LogP contribution in [0.5, 0.6) is 0 Å². The van der Waals surface area contributed by atoms with Gasteiger partial charge in [0.25, 0.3) is 0 Å². The van der Waals surface area contributed by atoms with Crippen molar-refractivity contribution >= 4 is 6.09 Å². The zero-order valence-electron chi connectivity index (χ0n) is 14.4. The van der Waals surface area contributed by atoms with Crippen molar-refractivity contribution in [3.63, 3.8) is 0 Å². The minimum Gasteiger partial charge on any atom is -0.445 e. The average Bonchev–Trinajstić information content (AvgIpc) is 2.51. The van der Waals surface area contributed by atoms with E-state index < -0.39 is 0 Å². The molecule has 0 aromatic heterocycles. The summed E-state index contributed by atoms with van der Waals surface area (Å²) in [6, 6.07) is 11.0. The summed E-state index contributed by atoms with van der Waals surface area (Å²) in [6.07, 6.45) is 1.63. The molecule has 0 aliphatic heterocycles. The van der Waals surface area contributed by atoms with E-state index >= 15 is 0 Å². The Hall–Kier alpha value is -1.59. The first-order valence-corrected chi connectivity index (χ1v) is 8.45. The molecule has 2 rings (SSSR count). The van der Waals surface area contributed by atoms with Gasteiger partial charge in [0, 0.05) is 31.2 Å². The molecule has 0 unspecified atom stereocenters. The van der Waals surface area contributed by atoms with Gasteiger partial charge in [-0.25, -0.2) is 4.79 Å². The summed E-state index contributed by atoms with van der Waals surface area (Å²) >= 11 is 0. The Bertz CT molecular complexity index is 472. The van der Waals surface area contributed by atoms with Gasteiger partial charge in [-0.05, 0) is 39.3 Å². The van der Waals surface area contributed by atoms with Gasteiger partial charge in [-0.15, -0.1) is 0 Å². The van der Waals surface area contributed by atoms with E-state index in [0.717, 1.165) is 31.5 Å². The summed E-state index contributed by atoms with van der Waals surface area (Å²) in [5.41, 5.74) is 1.00. The summed E-state index contributed by atoms with van der Waals surface area (Å²) < 4.78 is 5.23. The fourth-order valence-corrected chi connectivity index (χ4v) is 2.54. The number of carbonyl (C=O) groups is 1. The SMILES string of the molecule is CC(C)N(C)CCNC1CC(NC(=O)OCc2ccccc2)C1. The van der Waals surface area contributed by atoms with E-state index in [1.54, 1.807) is 0 Å². The number of likely N-dealkylation sites (N-methyl/N-ethyl adjacent to an activating group) is 1. The third kappa shape index (κ3) is 6.20. The molecule has 5 heteroatoms. The van der Waals surface area contributed by atoms with E-state index in [1.165, 1.54) is 0 Å². The van der Waals surface area contributed by atoms with Gasteiger partial charge in [0.1, 0.15) is 6.61 Å². The lowest BCUT2D eigenvalue weighted by Crippen LogP contribution is -2.53. The topological polar surface area (TPSA) is 53.6 Å². The second-order valence-electron chi connectivity index (χ2n) is 6.60. The molecule has 1 fully saturated rings. The maximum Gasteiger partial charge on any atom is 0.407 e. The number of ether oxygens (including phenoxy) is 1. The first kappa shape index (κ1) is 17.8. The highest BCUT2D eigenvalue weighted by Crippen LogP contribution is 2.19. The highest BCUT2D eigenvalue weighted by molar-refractivity contribution is 5.67. The van der Waals surface area contributed by atoms with E-state index in [-0.39, 0.29) is 12.1 Å². The van der Waals surface area contributed by atoms with Crippen LogP contribution in [0, 0.1) is 0 Å². The molecule has 0 spiro atoms. The van der Waals surface area contributed by atoms with Crippen LogP contribution in [-0.2, 0) is 11.3 Å². The van der Waals surface area contributed by atoms with E-state index in [4.69, 9.17) is 4.74 Å². The number of rotatable bonds is 8. The van der Waals surface area contributed by atoms with Crippen LogP contribution >= 0.6 is 0 Å². The van der Waals surface area contributed by atoms with Crippen LogP contribution < -0.4 is 10.6 Å². The first-order valence-electron chi connectivity index (χ1n) is 8.45. The van der Waals surface area contributed by atoms with Gasteiger partial charge in [-0.2, -0.15) is 0 Å². The number of alkyl carbamates (subject to hydrolysis) is 1. The molecule has 23 heavy (non-hydrogen) atoms. The summed E-state index contributed by atoms with van der Waals surface area (Å²) in [5.74, 6) is 0. The monoisotopic (exact) mass is 319 g/mol. The highest BCUT2D eigenvalue weighted by Gasteiger charge is 2.30. The molecule has 1 amide bonds.